The van der Waals surface area contributed by atoms with Gasteiger partial charge in [0.25, 0.3) is 0 Å². The van der Waals surface area contributed by atoms with Crippen LogP contribution in [-0.2, 0) is 14.4 Å². The number of carboxylic acids is 1. The lowest BCUT2D eigenvalue weighted by Crippen LogP contribution is -2.33. The molecule has 6 heteroatoms. The van der Waals surface area contributed by atoms with Crippen LogP contribution in [0.15, 0.2) is 0 Å². The molecule has 0 aliphatic carbocycles. The van der Waals surface area contributed by atoms with Crippen molar-refractivity contribution in [1.29, 1.82) is 0 Å². The molecule has 0 radical (unpaired) electrons. The molecule has 0 atom stereocenters. The Balaban J connectivity index is 3.87. The molecule has 6 nitrogen and oxygen atoms in total. The summed E-state index contributed by atoms with van der Waals surface area (Å²) in [4.78, 5) is 33.5. The van der Waals surface area contributed by atoms with Gasteiger partial charge in [0.2, 0.25) is 11.8 Å². The molecule has 0 unspecified atom stereocenters. The maximum absolute atomic E-state index is 11.6. The Morgan fingerprint density at radius 1 is 1.00 bits per heavy atom. The molecular formula is C13H24N2O4. The van der Waals surface area contributed by atoms with Crippen LogP contribution in [0, 0.1) is 5.41 Å². The molecule has 2 amide bonds. The second-order valence-electron chi connectivity index (χ2n) is 5.36. The molecule has 0 saturated heterocycles. The third-order valence-electron chi connectivity index (χ3n) is 2.52. The lowest BCUT2D eigenvalue weighted by atomic mass is 9.85. The maximum Gasteiger partial charge on any atom is 0.303 e. The first-order valence-electron chi connectivity index (χ1n) is 6.52. The van der Waals surface area contributed by atoms with Crippen molar-refractivity contribution < 1.29 is 19.5 Å². The maximum atomic E-state index is 11.6. The van der Waals surface area contributed by atoms with E-state index in [0.717, 1.165) is 6.42 Å². The van der Waals surface area contributed by atoms with E-state index in [4.69, 9.17) is 5.11 Å². The van der Waals surface area contributed by atoms with E-state index < -0.39 is 11.4 Å². The van der Waals surface area contributed by atoms with E-state index in [9.17, 15) is 14.4 Å². The number of carbonyl (C=O) groups is 3. The Hall–Kier alpha value is -1.59. The van der Waals surface area contributed by atoms with Gasteiger partial charge in [0.15, 0.2) is 0 Å². The van der Waals surface area contributed by atoms with Gasteiger partial charge in [-0.05, 0) is 11.8 Å². The largest absolute Gasteiger partial charge is 0.481 e. The van der Waals surface area contributed by atoms with Crippen molar-refractivity contribution in [3.63, 3.8) is 0 Å². The van der Waals surface area contributed by atoms with Crippen molar-refractivity contribution in [2.75, 3.05) is 13.1 Å². The molecule has 0 heterocycles. The van der Waals surface area contributed by atoms with Crippen LogP contribution in [0.25, 0.3) is 0 Å². The van der Waals surface area contributed by atoms with Gasteiger partial charge >= 0.3 is 5.97 Å². The van der Waals surface area contributed by atoms with Gasteiger partial charge in [-0.3, -0.25) is 14.4 Å². The molecule has 0 spiro atoms. The second-order valence-corrected chi connectivity index (χ2v) is 5.36. The Kier molecular flexibility index (Phi) is 7.79. The molecule has 19 heavy (non-hydrogen) atoms. The highest BCUT2D eigenvalue weighted by molar-refractivity contribution is 5.79. The van der Waals surface area contributed by atoms with E-state index in [1.807, 2.05) is 6.92 Å². The van der Waals surface area contributed by atoms with E-state index in [0.29, 0.717) is 6.54 Å². The average molecular weight is 272 g/mol. The van der Waals surface area contributed by atoms with Crippen molar-refractivity contribution in [1.82, 2.24) is 10.6 Å². The summed E-state index contributed by atoms with van der Waals surface area (Å²) in [5.41, 5.74) is -0.583. The fourth-order valence-corrected chi connectivity index (χ4v) is 1.64. The van der Waals surface area contributed by atoms with E-state index >= 15 is 0 Å². The number of nitrogens with one attached hydrogen (secondary N) is 2. The van der Waals surface area contributed by atoms with Crippen molar-refractivity contribution in [3.05, 3.63) is 0 Å². The molecule has 3 N–H and O–H groups in total. The smallest absolute Gasteiger partial charge is 0.303 e. The van der Waals surface area contributed by atoms with E-state index in [2.05, 4.69) is 10.6 Å². The van der Waals surface area contributed by atoms with Crippen LogP contribution in [0.3, 0.4) is 0 Å². The Morgan fingerprint density at radius 3 is 2.11 bits per heavy atom. The van der Waals surface area contributed by atoms with Crippen molar-refractivity contribution in [2.24, 2.45) is 5.41 Å². The number of amides is 2. The van der Waals surface area contributed by atoms with Crippen LogP contribution in [0.4, 0.5) is 0 Å². The third-order valence-corrected chi connectivity index (χ3v) is 2.52. The monoisotopic (exact) mass is 272 g/mol. The van der Waals surface area contributed by atoms with Crippen molar-refractivity contribution >= 4 is 17.8 Å². The Morgan fingerprint density at radius 2 is 1.58 bits per heavy atom. The molecule has 0 bridgehead atoms. The molecule has 110 valence electrons. The van der Waals surface area contributed by atoms with E-state index in [1.54, 1.807) is 13.8 Å². The zero-order valence-corrected chi connectivity index (χ0v) is 11.9. The van der Waals surface area contributed by atoms with Crippen LogP contribution in [0.1, 0.15) is 46.5 Å². The van der Waals surface area contributed by atoms with Gasteiger partial charge in [-0.2, -0.15) is 0 Å². The van der Waals surface area contributed by atoms with Crippen LogP contribution in [0.5, 0.6) is 0 Å². The predicted molar refractivity (Wildman–Crippen MR) is 71.6 cm³/mol. The first kappa shape index (κ1) is 17.4. The zero-order valence-electron chi connectivity index (χ0n) is 11.9. The van der Waals surface area contributed by atoms with Crippen molar-refractivity contribution in [3.8, 4) is 0 Å². The first-order valence-corrected chi connectivity index (χ1v) is 6.52. The minimum absolute atomic E-state index is 0.0581. The molecule has 0 fully saturated rings. The zero-order chi connectivity index (χ0) is 14.9. The lowest BCUT2D eigenvalue weighted by molar-refractivity contribution is -0.139. The molecule has 0 aliphatic heterocycles. The van der Waals surface area contributed by atoms with Crippen molar-refractivity contribution in [2.45, 2.75) is 46.5 Å². The molecule has 0 saturated carbocycles. The minimum Gasteiger partial charge on any atom is -0.481 e. The van der Waals surface area contributed by atoms with Gasteiger partial charge in [-0.15, -0.1) is 0 Å². The van der Waals surface area contributed by atoms with Gasteiger partial charge < -0.3 is 15.7 Å². The number of carboxylic acid groups (broad SMARTS) is 1. The SMILES string of the molecule is CCCNC(=O)CCNC(=O)CC(C)(C)CC(=O)O. The fourth-order valence-electron chi connectivity index (χ4n) is 1.64. The molecule has 0 aromatic rings. The van der Waals surface area contributed by atoms with Gasteiger partial charge in [0.05, 0.1) is 6.42 Å². The Labute approximate surface area is 113 Å². The average Bonchev–Trinajstić information content (AvgIpc) is 2.23. The van der Waals surface area contributed by atoms with E-state index in [-0.39, 0.29) is 37.6 Å². The van der Waals surface area contributed by atoms with Gasteiger partial charge in [-0.1, -0.05) is 20.8 Å². The molecule has 0 aromatic carbocycles. The normalized spacial score (nSPS) is 10.9. The van der Waals surface area contributed by atoms with E-state index in [1.165, 1.54) is 0 Å². The summed E-state index contributed by atoms with van der Waals surface area (Å²) in [6.45, 7) is 6.34. The minimum atomic E-state index is -0.920. The summed E-state index contributed by atoms with van der Waals surface area (Å²) in [6, 6.07) is 0. The van der Waals surface area contributed by atoms with Gasteiger partial charge in [0, 0.05) is 25.9 Å². The number of hydrogen-bond donors (Lipinski definition) is 3. The standard InChI is InChI=1S/C13H24N2O4/c1-4-6-14-10(16)5-7-15-11(17)8-13(2,3)9-12(18)19/h4-9H2,1-3H3,(H,14,16)(H,15,17)(H,18,19). The summed E-state index contributed by atoms with van der Waals surface area (Å²) in [5, 5.41) is 14.0. The topological polar surface area (TPSA) is 95.5 Å². The third kappa shape index (κ3) is 10.1. The lowest BCUT2D eigenvalue weighted by Gasteiger charge is -2.21. The van der Waals surface area contributed by atoms with Gasteiger partial charge in [-0.25, -0.2) is 0 Å². The summed E-state index contributed by atoms with van der Waals surface area (Å²) >= 11 is 0. The highest BCUT2D eigenvalue weighted by Gasteiger charge is 2.24. The summed E-state index contributed by atoms with van der Waals surface area (Å²) < 4.78 is 0. The number of aliphatic carboxylic acids is 1. The summed E-state index contributed by atoms with van der Waals surface area (Å²) in [6.07, 6.45) is 1.19. The molecule has 0 rings (SSSR count). The highest BCUT2D eigenvalue weighted by Crippen LogP contribution is 2.24. The van der Waals surface area contributed by atoms with Crippen LogP contribution >= 0.6 is 0 Å². The number of carbonyl (C=O) groups excluding carboxylic acids is 2. The van der Waals surface area contributed by atoms with Gasteiger partial charge in [0.1, 0.15) is 0 Å². The quantitative estimate of drug-likeness (QED) is 0.581. The highest BCUT2D eigenvalue weighted by atomic mass is 16.4. The fraction of sp³-hybridized carbons (Fsp3) is 0.769. The Bertz CT molecular complexity index is 327. The number of hydrogen-bond acceptors (Lipinski definition) is 3. The second kappa shape index (κ2) is 8.50. The number of rotatable bonds is 9. The van der Waals surface area contributed by atoms with Crippen LogP contribution < -0.4 is 10.6 Å². The van der Waals surface area contributed by atoms with Crippen LogP contribution in [-0.4, -0.2) is 36.0 Å². The molecule has 0 aromatic heterocycles. The first-order chi connectivity index (χ1) is 8.76. The summed E-state index contributed by atoms with van der Waals surface area (Å²) in [5.74, 6) is -1.24. The predicted octanol–water partition coefficient (Wildman–Crippen LogP) is 0.910. The molecule has 0 aliphatic rings. The molecular weight excluding hydrogens is 248 g/mol. The summed E-state index contributed by atoms with van der Waals surface area (Å²) in [7, 11) is 0. The van der Waals surface area contributed by atoms with Crippen LogP contribution in [0.2, 0.25) is 0 Å².